The molecule has 4 nitrogen and oxygen atoms in total. The molecule has 1 aliphatic rings. The summed E-state index contributed by atoms with van der Waals surface area (Å²) in [6.07, 6.45) is 2.41. The second-order valence-corrected chi connectivity index (χ2v) is 6.45. The molecule has 0 atom stereocenters. The summed E-state index contributed by atoms with van der Waals surface area (Å²) in [7, 11) is 0. The van der Waals surface area contributed by atoms with E-state index in [4.69, 9.17) is 4.99 Å². The van der Waals surface area contributed by atoms with Crippen LogP contribution in [0.1, 0.15) is 47.5 Å². The highest BCUT2D eigenvalue weighted by atomic mass is 15.3. The molecule has 0 spiro atoms. The average Bonchev–Trinajstić information content (AvgIpc) is 2.78. The smallest absolute Gasteiger partial charge is 0.193 e. The van der Waals surface area contributed by atoms with Crippen LogP contribution in [0.4, 0.5) is 0 Å². The molecular formula is C16H34N4. The zero-order valence-corrected chi connectivity index (χ0v) is 14.2. The number of nitrogens with zero attached hydrogens (tertiary/aromatic N) is 3. The topological polar surface area (TPSA) is 30.9 Å². The van der Waals surface area contributed by atoms with Crippen molar-refractivity contribution in [2.45, 2.75) is 47.5 Å². The van der Waals surface area contributed by atoms with E-state index in [0.717, 1.165) is 58.2 Å². The molecule has 4 heteroatoms. The lowest BCUT2D eigenvalue weighted by Gasteiger charge is -2.24. The minimum atomic E-state index is 0.428. The summed E-state index contributed by atoms with van der Waals surface area (Å²) in [5, 5.41) is 3.44. The van der Waals surface area contributed by atoms with E-state index in [-0.39, 0.29) is 0 Å². The van der Waals surface area contributed by atoms with Gasteiger partial charge in [-0.15, -0.1) is 0 Å². The monoisotopic (exact) mass is 282 g/mol. The van der Waals surface area contributed by atoms with E-state index in [1.807, 2.05) is 0 Å². The number of nitrogens with one attached hydrogen (secondary N) is 1. The molecule has 1 rings (SSSR count). The maximum atomic E-state index is 4.81. The van der Waals surface area contributed by atoms with Crippen molar-refractivity contribution < 1.29 is 0 Å². The van der Waals surface area contributed by atoms with E-state index in [9.17, 15) is 0 Å². The molecule has 118 valence electrons. The molecule has 0 radical (unpaired) electrons. The summed E-state index contributed by atoms with van der Waals surface area (Å²) in [6.45, 7) is 18.8. The summed E-state index contributed by atoms with van der Waals surface area (Å²) in [6, 6.07) is 0. The molecule has 1 N–H and O–H groups in total. The van der Waals surface area contributed by atoms with E-state index in [0.29, 0.717) is 5.41 Å². The van der Waals surface area contributed by atoms with Gasteiger partial charge in [-0.3, -0.25) is 4.99 Å². The van der Waals surface area contributed by atoms with E-state index in [1.54, 1.807) is 0 Å². The summed E-state index contributed by atoms with van der Waals surface area (Å²) in [5.74, 6) is 1.11. The first kappa shape index (κ1) is 17.3. The predicted octanol–water partition coefficient (Wildman–Crippen LogP) is 2.42. The van der Waals surface area contributed by atoms with Crippen molar-refractivity contribution in [3.05, 3.63) is 0 Å². The molecule has 0 aromatic rings. The molecule has 0 unspecified atom stereocenters. The summed E-state index contributed by atoms with van der Waals surface area (Å²) >= 11 is 0. The van der Waals surface area contributed by atoms with Crippen molar-refractivity contribution in [1.29, 1.82) is 0 Å². The first-order chi connectivity index (χ1) is 9.52. The van der Waals surface area contributed by atoms with Crippen LogP contribution < -0.4 is 5.32 Å². The van der Waals surface area contributed by atoms with Crippen LogP contribution in [0.3, 0.4) is 0 Å². The quantitative estimate of drug-likeness (QED) is 0.442. The first-order valence-corrected chi connectivity index (χ1v) is 8.28. The molecule has 20 heavy (non-hydrogen) atoms. The highest BCUT2D eigenvalue weighted by Gasteiger charge is 2.30. The van der Waals surface area contributed by atoms with Gasteiger partial charge in [0.25, 0.3) is 0 Å². The fraction of sp³-hybridized carbons (Fsp3) is 0.938. The molecule has 0 bridgehead atoms. The zero-order valence-electron chi connectivity index (χ0n) is 14.2. The maximum absolute atomic E-state index is 4.81. The Labute approximate surface area is 125 Å². The summed E-state index contributed by atoms with van der Waals surface area (Å²) in [5.41, 5.74) is 0.428. The first-order valence-electron chi connectivity index (χ1n) is 8.28. The Balaban J connectivity index is 2.43. The SMILES string of the molecule is CCNC(=NCCCN(CC)CC)N1CCC(C)(C)C1. The Hall–Kier alpha value is -0.770. The molecule has 0 amide bonds. The largest absolute Gasteiger partial charge is 0.357 e. The number of guanidine groups is 1. The molecule has 0 aliphatic carbocycles. The fourth-order valence-electron chi connectivity index (χ4n) is 2.74. The third kappa shape index (κ3) is 5.70. The molecule has 1 aliphatic heterocycles. The molecule has 0 aromatic carbocycles. The fourth-order valence-corrected chi connectivity index (χ4v) is 2.74. The Bertz CT molecular complexity index is 295. The van der Waals surface area contributed by atoms with Gasteiger partial charge in [0.05, 0.1) is 0 Å². The molecule has 1 saturated heterocycles. The van der Waals surface area contributed by atoms with Crippen molar-refractivity contribution in [2.75, 3.05) is 45.8 Å². The van der Waals surface area contributed by atoms with Crippen LogP contribution in [-0.2, 0) is 0 Å². The Morgan fingerprint density at radius 2 is 1.95 bits per heavy atom. The third-order valence-corrected chi connectivity index (χ3v) is 4.10. The lowest BCUT2D eigenvalue weighted by molar-refractivity contribution is 0.301. The number of likely N-dealkylation sites (tertiary alicyclic amines) is 1. The minimum absolute atomic E-state index is 0.428. The normalized spacial score (nSPS) is 18.9. The third-order valence-electron chi connectivity index (χ3n) is 4.10. The number of aliphatic imine (C=N–C) groups is 1. The van der Waals surface area contributed by atoms with Gasteiger partial charge in [0, 0.05) is 26.2 Å². The number of rotatable bonds is 7. The zero-order chi connectivity index (χ0) is 15.0. The van der Waals surface area contributed by atoms with Crippen molar-refractivity contribution in [1.82, 2.24) is 15.1 Å². The van der Waals surface area contributed by atoms with Crippen LogP contribution in [0.5, 0.6) is 0 Å². The van der Waals surface area contributed by atoms with Gasteiger partial charge in [-0.2, -0.15) is 0 Å². The van der Waals surface area contributed by atoms with Crippen LogP contribution in [0.2, 0.25) is 0 Å². The molecule has 0 saturated carbocycles. The van der Waals surface area contributed by atoms with E-state index >= 15 is 0 Å². The summed E-state index contributed by atoms with van der Waals surface area (Å²) < 4.78 is 0. The molecule has 1 heterocycles. The molecule has 0 aromatic heterocycles. The highest BCUT2D eigenvalue weighted by Crippen LogP contribution is 2.28. The highest BCUT2D eigenvalue weighted by molar-refractivity contribution is 5.80. The van der Waals surface area contributed by atoms with Gasteiger partial charge in [-0.1, -0.05) is 27.7 Å². The average molecular weight is 282 g/mol. The molecular weight excluding hydrogens is 248 g/mol. The van der Waals surface area contributed by atoms with Crippen molar-refractivity contribution in [2.24, 2.45) is 10.4 Å². The van der Waals surface area contributed by atoms with Gasteiger partial charge in [0.1, 0.15) is 0 Å². The number of hydrogen-bond donors (Lipinski definition) is 1. The number of hydrogen-bond acceptors (Lipinski definition) is 2. The Morgan fingerprint density at radius 3 is 2.45 bits per heavy atom. The second-order valence-electron chi connectivity index (χ2n) is 6.45. The van der Waals surface area contributed by atoms with Gasteiger partial charge in [0.15, 0.2) is 5.96 Å². The lowest BCUT2D eigenvalue weighted by Crippen LogP contribution is -2.41. The predicted molar refractivity (Wildman–Crippen MR) is 88.4 cm³/mol. The van der Waals surface area contributed by atoms with Gasteiger partial charge in [0.2, 0.25) is 0 Å². The van der Waals surface area contributed by atoms with Crippen molar-refractivity contribution in [3.63, 3.8) is 0 Å². The summed E-state index contributed by atoms with van der Waals surface area (Å²) in [4.78, 5) is 9.68. The van der Waals surface area contributed by atoms with Gasteiger partial charge in [-0.25, -0.2) is 0 Å². The van der Waals surface area contributed by atoms with E-state index in [2.05, 4.69) is 49.7 Å². The standard InChI is InChI=1S/C16H34N4/c1-6-17-15(20-13-10-16(4,5)14-20)18-11-9-12-19(7-2)8-3/h6-14H2,1-5H3,(H,17,18). The van der Waals surface area contributed by atoms with Crippen LogP contribution >= 0.6 is 0 Å². The van der Waals surface area contributed by atoms with Crippen molar-refractivity contribution in [3.8, 4) is 0 Å². The van der Waals surface area contributed by atoms with Crippen LogP contribution in [0.25, 0.3) is 0 Å². The Kier molecular flexibility index (Phi) is 7.35. The van der Waals surface area contributed by atoms with Gasteiger partial charge in [-0.05, 0) is 44.8 Å². The Morgan fingerprint density at radius 1 is 1.25 bits per heavy atom. The van der Waals surface area contributed by atoms with E-state index < -0.39 is 0 Å². The van der Waals surface area contributed by atoms with Gasteiger partial charge >= 0.3 is 0 Å². The van der Waals surface area contributed by atoms with Gasteiger partial charge < -0.3 is 15.1 Å². The van der Waals surface area contributed by atoms with Crippen molar-refractivity contribution >= 4 is 5.96 Å². The molecule has 1 fully saturated rings. The van der Waals surface area contributed by atoms with Crippen LogP contribution in [-0.4, -0.2) is 61.6 Å². The van der Waals surface area contributed by atoms with E-state index in [1.165, 1.54) is 6.42 Å². The van der Waals surface area contributed by atoms with Crippen LogP contribution in [0, 0.1) is 5.41 Å². The van der Waals surface area contributed by atoms with Crippen LogP contribution in [0.15, 0.2) is 4.99 Å². The lowest BCUT2D eigenvalue weighted by atomic mass is 9.93. The second kappa shape index (κ2) is 8.50. The minimum Gasteiger partial charge on any atom is -0.357 e. The maximum Gasteiger partial charge on any atom is 0.193 e.